The average molecular weight is 437 g/mol. The third-order valence-electron chi connectivity index (χ3n) is 3.60. The van der Waals surface area contributed by atoms with Gasteiger partial charge in [0.1, 0.15) is 23.9 Å². The smallest absolute Gasteiger partial charge is 0.281 e. The van der Waals surface area contributed by atoms with E-state index in [9.17, 15) is 9.18 Å². The van der Waals surface area contributed by atoms with Crippen molar-refractivity contribution in [1.82, 2.24) is 5.32 Å². The summed E-state index contributed by atoms with van der Waals surface area (Å²) in [4.78, 5) is 13.8. The molecule has 8 heteroatoms. The minimum atomic E-state index is -0.530. The highest BCUT2D eigenvalue weighted by molar-refractivity contribution is 9.10. The van der Waals surface area contributed by atoms with Crippen molar-refractivity contribution in [2.45, 2.75) is 0 Å². The lowest BCUT2D eigenvalue weighted by Crippen LogP contribution is -2.31. The first-order valence-electron chi connectivity index (χ1n) is 7.66. The van der Waals surface area contributed by atoms with Gasteiger partial charge in [0.05, 0.1) is 12.3 Å². The van der Waals surface area contributed by atoms with Crippen molar-refractivity contribution in [1.29, 1.82) is 0 Å². The SMILES string of the molecule is O=C1/C(=C\c2ccc(OCCO)cc2Br)NC(=S)N1c1ccccc1F. The van der Waals surface area contributed by atoms with Crippen LogP contribution in [0.1, 0.15) is 5.56 Å². The second-order valence-corrected chi connectivity index (χ2v) is 6.58. The molecule has 5 nitrogen and oxygen atoms in total. The van der Waals surface area contributed by atoms with Gasteiger partial charge in [0.15, 0.2) is 5.11 Å². The van der Waals surface area contributed by atoms with Gasteiger partial charge in [-0.1, -0.05) is 34.1 Å². The Bertz CT molecular complexity index is 904. The van der Waals surface area contributed by atoms with E-state index >= 15 is 0 Å². The lowest BCUT2D eigenvalue weighted by atomic mass is 10.2. The maximum atomic E-state index is 14.0. The fraction of sp³-hybridized carbons (Fsp3) is 0.111. The summed E-state index contributed by atoms with van der Waals surface area (Å²) in [5.41, 5.74) is 1.06. The number of ether oxygens (including phenoxy) is 1. The minimum Gasteiger partial charge on any atom is -0.491 e. The standard InChI is InChI=1S/C18H14BrFN2O3S/c19-13-10-12(25-8-7-23)6-5-11(13)9-15-17(24)22(18(26)21-15)16-4-2-1-3-14(16)20/h1-6,9-10,23H,7-8H2,(H,21,26)/b15-9+. The Hall–Kier alpha value is -2.29. The number of nitrogens with zero attached hydrogens (tertiary/aromatic N) is 1. The van der Waals surface area contributed by atoms with Crippen molar-refractivity contribution in [2.75, 3.05) is 18.1 Å². The Balaban J connectivity index is 1.88. The van der Waals surface area contributed by atoms with E-state index in [-0.39, 0.29) is 29.7 Å². The Morgan fingerprint density at radius 1 is 1.31 bits per heavy atom. The fourth-order valence-electron chi connectivity index (χ4n) is 2.42. The second kappa shape index (κ2) is 7.94. The molecule has 26 heavy (non-hydrogen) atoms. The van der Waals surface area contributed by atoms with Gasteiger partial charge in [-0.25, -0.2) is 9.29 Å². The molecule has 1 saturated heterocycles. The zero-order valence-corrected chi connectivity index (χ0v) is 15.8. The van der Waals surface area contributed by atoms with Crippen molar-refractivity contribution in [3.05, 3.63) is 64.0 Å². The second-order valence-electron chi connectivity index (χ2n) is 5.34. The molecule has 2 N–H and O–H groups in total. The van der Waals surface area contributed by atoms with Crippen molar-refractivity contribution in [3.63, 3.8) is 0 Å². The summed E-state index contributed by atoms with van der Waals surface area (Å²) in [5.74, 6) is -0.382. The number of para-hydroxylation sites is 1. The number of nitrogens with one attached hydrogen (secondary N) is 1. The molecule has 0 radical (unpaired) electrons. The third kappa shape index (κ3) is 3.77. The van der Waals surface area contributed by atoms with Crippen LogP contribution in [-0.4, -0.2) is 29.3 Å². The number of benzene rings is 2. The molecular formula is C18H14BrFN2O3S. The van der Waals surface area contributed by atoms with Crippen LogP contribution in [0.5, 0.6) is 5.75 Å². The van der Waals surface area contributed by atoms with Crippen LogP contribution in [0.15, 0.2) is 52.6 Å². The molecule has 3 rings (SSSR count). The molecular weight excluding hydrogens is 423 g/mol. The maximum absolute atomic E-state index is 14.0. The summed E-state index contributed by atoms with van der Waals surface area (Å²) >= 11 is 8.61. The molecule has 0 spiro atoms. The predicted octanol–water partition coefficient (Wildman–Crippen LogP) is 3.22. The van der Waals surface area contributed by atoms with Crippen LogP contribution in [0.4, 0.5) is 10.1 Å². The van der Waals surface area contributed by atoms with E-state index in [4.69, 9.17) is 22.1 Å². The highest BCUT2D eigenvalue weighted by atomic mass is 79.9. The van der Waals surface area contributed by atoms with Gasteiger partial charge in [0.2, 0.25) is 0 Å². The Morgan fingerprint density at radius 3 is 2.77 bits per heavy atom. The summed E-state index contributed by atoms with van der Waals surface area (Å²) in [6.07, 6.45) is 1.62. The molecule has 0 aliphatic carbocycles. The predicted molar refractivity (Wildman–Crippen MR) is 104 cm³/mol. The van der Waals surface area contributed by atoms with E-state index < -0.39 is 11.7 Å². The Morgan fingerprint density at radius 2 is 2.08 bits per heavy atom. The Kier molecular flexibility index (Phi) is 5.65. The van der Waals surface area contributed by atoms with E-state index in [0.29, 0.717) is 10.2 Å². The van der Waals surface area contributed by atoms with Crippen molar-refractivity contribution < 1.29 is 19.0 Å². The summed E-state index contributed by atoms with van der Waals surface area (Å²) in [7, 11) is 0. The topological polar surface area (TPSA) is 61.8 Å². The molecule has 1 aliphatic heterocycles. The summed E-state index contributed by atoms with van der Waals surface area (Å²) < 4.78 is 20.0. The summed E-state index contributed by atoms with van der Waals surface area (Å²) in [6, 6.07) is 11.2. The molecule has 0 bridgehead atoms. The number of carbonyl (C=O) groups excluding carboxylic acids is 1. The number of aliphatic hydroxyl groups excluding tert-OH is 1. The minimum absolute atomic E-state index is 0.0782. The van der Waals surface area contributed by atoms with Gasteiger partial charge in [-0.15, -0.1) is 0 Å². The molecule has 134 valence electrons. The van der Waals surface area contributed by atoms with E-state index in [1.807, 2.05) is 0 Å². The number of thiocarbonyl (C=S) groups is 1. The lowest BCUT2D eigenvalue weighted by Gasteiger charge is -2.14. The normalized spacial score (nSPS) is 15.5. The molecule has 1 amide bonds. The maximum Gasteiger partial charge on any atom is 0.281 e. The van der Waals surface area contributed by atoms with Crippen LogP contribution in [0, 0.1) is 5.82 Å². The number of amides is 1. The third-order valence-corrected chi connectivity index (χ3v) is 4.57. The highest BCUT2D eigenvalue weighted by Crippen LogP contribution is 2.28. The lowest BCUT2D eigenvalue weighted by molar-refractivity contribution is -0.113. The van der Waals surface area contributed by atoms with Crippen LogP contribution in [0.25, 0.3) is 6.08 Å². The van der Waals surface area contributed by atoms with Gasteiger partial charge in [0, 0.05) is 4.47 Å². The Labute approximate surface area is 163 Å². The molecule has 1 heterocycles. The molecule has 2 aromatic rings. The summed E-state index contributed by atoms with van der Waals surface area (Å²) in [6.45, 7) is 0.115. The van der Waals surface area contributed by atoms with Crippen LogP contribution in [0.3, 0.4) is 0 Å². The number of anilines is 1. The van der Waals surface area contributed by atoms with Gasteiger partial charge in [-0.2, -0.15) is 0 Å². The monoisotopic (exact) mass is 436 g/mol. The number of hydrogen-bond donors (Lipinski definition) is 2. The molecule has 2 aromatic carbocycles. The fourth-order valence-corrected chi connectivity index (χ4v) is 3.18. The molecule has 0 atom stereocenters. The van der Waals surface area contributed by atoms with Crippen molar-refractivity contribution in [2.24, 2.45) is 0 Å². The van der Waals surface area contributed by atoms with Gasteiger partial charge in [-0.3, -0.25) is 4.79 Å². The molecule has 0 unspecified atom stereocenters. The number of halogens is 2. The largest absolute Gasteiger partial charge is 0.491 e. The van der Waals surface area contributed by atoms with Crippen LogP contribution in [0.2, 0.25) is 0 Å². The highest BCUT2D eigenvalue weighted by Gasteiger charge is 2.33. The zero-order valence-electron chi connectivity index (χ0n) is 13.4. The first-order valence-corrected chi connectivity index (χ1v) is 8.86. The van der Waals surface area contributed by atoms with Gasteiger partial charge in [0.25, 0.3) is 5.91 Å². The van der Waals surface area contributed by atoms with Gasteiger partial charge < -0.3 is 15.2 Å². The van der Waals surface area contributed by atoms with Crippen LogP contribution in [-0.2, 0) is 4.79 Å². The number of carbonyl (C=O) groups is 1. The van der Waals surface area contributed by atoms with E-state index in [0.717, 1.165) is 10.5 Å². The average Bonchev–Trinajstić information content (AvgIpc) is 2.89. The van der Waals surface area contributed by atoms with Crippen molar-refractivity contribution in [3.8, 4) is 5.75 Å². The molecule has 0 saturated carbocycles. The van der Waals surface area contributed by atoms with Crippen molar-refractivity contribution >= 4 is 50.9 Å². The van der Waals surface area contributed by atoms with Crippen LogP contribution < -0.4 is 15.0 Å². The van der Waals surface area contributed by atoms with Crippen LogP contribution >= 0.6 is 28.1 Å². The van der Waals surface area contributed by atoms with E-state index in [1.165, 1.54) is 12.1 Å². The first-order chi connectivity index (χ1) is 12.5. The van der Waals surface area contributed by atoms with E-state index in [2.05, 4.69) is 21.2 Å². The molecule has 0 aromatic heterocycles. The number of hydrogen-bond acceptors (Lipinski definition) is 4. The quantitative estimate of drug-likeness (QED) is 0.556. The summed E-state index contributed by atoms with van der Waals surface area (Å²) in [5, 5.41) is 11.7. The van der Waals surface area contributed by atoms with Gasteiger partial charge in [-0.05, 0) is 48.1 Å². The number of aliphatic hydroxyl groups is 1. The molecule has 1 fully saturated rings. The molecule has 1 aliphatic rings. The zero-order chi connectivity index (χ0) is 18.7. The number of rotatable bonds is 5. The first kappa shape index (κ1) is 18.5. The van der Waals surface area contributed by atoms with Gasteiger partial charge >= 0.3 is 0 Å². The van der Waals surface area contributed by atoms with E-state index in [1.54, 1.807) is 36.4 Å².